The predicted molar refractivity (Wildman–Crippen MR) is 105 cm³/mol. The van der Waals surface area contributed by atoms with Crippen molar-refractivity contribution in [3.63, 3.8) is 0 Å². The van der Waals surface area contributed by atoms with Gasteiger partial charge in [0.1, 0.15) is 5.69 Å². The van der Waals surface area contributed by atoms with E-state index in [4.69, 9.17) is 0 Å². The minimum absolute atomic E-state index is 0.102. The Morgan fingerprint density at radius 1 is 1.21 bits per heavy atom. The molecule has 3 saturated heterocycles. The summed E-state index contributed by atoms with van der Waals surface area (Å²) in [5.41, 5.74) is 0.565. The van der Waals surface area contributed by atoms with Crippen LogP contribution in [0.1, 0.15) is 55.4 Å². The van der Waals surface area contributed by atoms with Crippen LogP contribution in [0.25, 0.3) is 0 Å². The first-order valence-electron chi connectivity index (χ1n) is 10.9. The number of hydrogen-bond acceptors (Lipinski definition) is 4. The Labute approximate surface area is 166 Å². The van der Waals surface area contributed by atoms with Crippen LogP contribution in [0.2, 0.25) is 0 Å². The zero-order valence-corrected chi connectivity index (χ0v) is 16.7. The summed E-state index contributed by atoms with van der Waals surface area (Å²) in [6.07, 6.45) is 9.64. The second-order valence-electron chi connectivity index (χ2n) is 9.17. The van der Waals surface area contributed by atoms with Gasteiger partial charge in [-0.05, 0) is 50.0 Å². The summed E-state index contributed by atoms with van der Waals surface area (Å²) >= 11 is 0. The zero-order valence-electron chi connectivity index (χ0n) is 16.7. The molecule has 4 heterocycles. The first kappa shape index (κ1) is 18.2. The number of aryl methyl sites for hydroxylation is 1. The first-order valence-corrected chi connectivity index (χ1v) is 10.9. The molecule has 0 aromatic carbocycles. The van der Waals surface area contributed by atoms with Crippen LogP contribution in [-0.4, -0.2) is 69.2 Å². The fourth-order valence-corrected chi connectivity index (χ4v) is 6.01. The van der Waals surface area contributed by atoms with Gasteiger partial charge in [0.15, 0.2) is 0 Å². The van der Waals surface area contributed by atoms with E-state index in [0.29, 0.717) is 42.4 Å². The van der Waals surface area contributed by atoms with Crippen molar-refractivity contribution in [2.75, 3.05) is 19.6 Å². The monoisotopic (exact) mass is 385 g/mol. The molecule has 2 amide bonds. The van der Waals surface area contributed by atoms with Crippen LogP contribution in [-0.2, 0) is 11.8 Å². The van der Waals surface area contributed by atoms with Gasteiger partial charge in [-0.25, -0.2) is 0 Å². The fourth-order valence-electron chi connectivity index (χ4n) is 6.01. The highest BCUT2D eigenvalue weighted by Crippen LogP contribution is 2.43. The summed E-state index contributed by atoms with van der Waals surface area (Å²) in [6.45, 7) is 2.77. The number of aromatic nitrogens is 2. The molecule has 0 unspecified atom stereocenters. The van der Waals surface area contributed by atoms with Crippen molar-refractivity contribution in [1.29, 1.82) is 0 Å². The molecule has 2 bridgehead atoms. The number of hydrogen-bond donors (Lipinski definition) is 1. The average molecular weight is 386 g/mol. The van der Waals surface area contributed by atoms with Gasteiger partial charge in [-0.3, -0.25) is 19.2 Å². The average Bonchev–Trinajstić information content (AvgIpc) is 3.06. The SMILES string of the molecule is Cn1nccc1C(=O)NC[C@H]1[C@H]2C[C@H](CN(C3CCC3)C2)[C@@H]2CCCC(=O)N21. The highest BCUT2D eigenvalue weighted by atomic mass is 16.2. The van der Waals surface area contributed by atoms with Crippen molar-refractivity contribution in [2.45, 2.75) is 63.1 Å². The molecule has 1 N–H and O–H groups in total. The van der Waals surface area contributed by atoms with Gasteiger partial charge in [0.25, 0.3) is 5.91 Å². The third kappa shape index (κ3) is 3.04. The van der Waals surface area contributed by atoms with Gasteiger partial charge in [0.2, 0.25) is 5.91 Å². The maximum Gasteiger partial charge on any atom is 0.269 e. The summed E-state index contributed by atoms with van der Waals surface area (Å²) < 4.78 is 1.60. The van der Waals surface area contributed by atoms with E-state index >= 15 is 0 Å². The second kappa shape index (κ2) is 7.17. The molecular formula is C21H31N5O2. The number of nitrogens with one attached hydrogen (secondary N) is 1. The molecule has 4 fully saturated rings. The van der Waals surface area contributed by atoms with Crippen molar-refractivity contribution < 1.29 is 9.59 Å². The van der Waals surface area contributed by atoms with Crippen molar-refractivity contribution in [3.8, 4) is 0 Å². The molecule has 7 heteroatoms. The van der Waals surface area contributed by atoms with Crippen LogP contribution in [0.15, 0.2) is 12.3 Å². The predicted octanol–water partition coefficient (Wildman–Crippen LogP) is 1.40. The van der Waals surface area contributed by atoms with Gasteiger partial charge in [-0.2, -0.15) is 5.10 Å². The number of likely N-dealkylation sites (tertiary alicyclic amines) is 1. The van der Waals surface area contributed by atoms with Gasteiger partial charge in [0, 0.05) is 51.4 Å². The van der Waals surface area contributed by atoms with E-state index in [9.17, 15) is 9.59 Å². The molecule has 4 aliphatic rings. The van der Waals surface area contributed by atoms with Crippen molar-refractivity contribution in [2.24, 2.45) is 18.9 Å². The van der Waals surface area contributed by atoms with Crippen molar-refractivity contribution in [1.82, 2.24) is 24.9 Å². The standard InChI is InChI=1S/C21H31N5O2/c1-24-18(8-9-23-24)21(28)22-11-19-15-10-14(12-25(13-15)16-4-2-5-16)17-6-3-7-20(27)26(17)19/h8-9,14-17,19H,2-7,10-13H2,1H3,(H,22,28)/t14-,15+,17+,19+/m1/s1. The van der Waals surface area contributed by atoms with Gasteiger partial charge >= 0.3 is 0 Å². The van der Waals surface area contributed by atoms with Crippen LogP contribution in [0.5, 0.6) is 0 Å². The number of rotatable bonds is 4. The van der Waals surface area contributed by atoms with Crippen LogP contribution < -0.4 is 5.32 Å². The first-order chi connectivity index (χ1) is 13.6. The molecule has 0 radical (unpaired) electrons. The Hall–Kier alpha value is -1.89. The molecule has 4 atom stereocenters. The number of fused-ring (bicyclic) bond motifs is 4. The van der Waals surface area contributed by atoms with E-state index < -0.39 is 0 Å². The summed E-state index contributed by atoms with van der Waals surface area (Å²) in [5.74, 6) is 1.26. The van der Waals surface area contributed by atoms with E-state index in [1.807, 2.05) is 0 Å². The third-order valence-electron chi connectivity index (χ3n) is 7.64. The Morgan fingerprint density at radius 2 is 2.04 bits per heavy atom. The smallest absolute Gasteiger partial charge is 0.269 e. The molecule has 152 valence electrons. The number of piperidine rings is 3. The Kier molecular flexibility index (Phi) is 4.65. The molecule has 7 nitrogen and oxygen atoms in total. The molecule has 1 saturated carbocycles. The lowest BCUT2D eigenvalue weighted by Gasteiger charge is -2.58. The number of carbonyl (C=O) groups excluding carboxylic acids is 2. The van der Waals surface area contributed by atoms with Gasteiger partial charge in [0.05, 0.1) is 6.04 Å². The zero-order chi connectivity index (χ0) is 19.3. The molecule has 3 aliphatic heterocycles. The maximum atomic E-state index is 12.9. The Morgan fingerprint density at radius 3 is 2.75 bits per heavy atom. The Bertz CT molecular complexity index is 758. The normalized spacial score (nSPS) is 33.3. The lowest BCUT2D eigenvalue weighted by Crippen LogP contribution is -2.68. The molecule has 5 rings (SSSR count). The number of nitrogens with zero attached hydrogens (tertiary/aromatic N) is 4. The molecule has 1 aromatic heterocycles. The van der Waals surface area contributed by atoms with E-state index in [1.165, 1.54) is 25.7 Å². The topological polar surface area (TPSA) is 70.5 Å². The number of amides is 2. The molecule has 28 heavy (non-hydrogen) atoms. The van der Waals surface area contributed by atoms with Crippen molar-refractivity contribution >= 4 is 11.8 Å². The lowest BCUT2D eigenvalue weighted by molar-refractivity contribution is -0.154. The van der Waals surface area contributed by atoms with E-state index in [2.05, 4.69) is 20.2 Å². The highest BCUT2D eigenvalue weighted by molar-refractivity contribution is 5.92. The van der Waals surface area contributed by atoms with Crippen LogP contribution >= 0.6 is 0 Å². The van der Waals surface area contributed by atoms with Crippen molar-refractivity contribution in [3.05, 3.63) is 18.0 Å². The van der Waals surface area contributed by atoms with Crippen LogP contribution in [0, 0.1) is 11.8 Å². The minimum atomic E-state index is -0.102. The summed E-state index contributed by atoms with van der Waals surface area (Å²) in [6, 6.07) is 2.97. The fraction of sp³-hybridized carbons (Fsp3) is 0.762. The van der Waals surface area contributed by atoms with Crippen LogP contribution in [0.4, 0.5) is 0 Å². The summed E-state index contributed by atoms with van der Waals surface area (Å²) in [7, 11) is 1.78. The van der Waals surface area contributed by atoms with Gasteiger partial charge in [-0.15, -0.1) is 0 Å². The molecule has 1 aliphatic carbocycles. The lowest BCUT2D eigenvalue weighted by atomic mass is 9.71. The largest absolute Gasteiger partial charge is 0.349 e. The highest BCUT2D eigenvalue weighted by Gasteiger charge is 2.50. The summed E-state index contributed by atoms with van der Waals surface area (Å²) in [5, 5.41) is 7.20. The number of carbonyl (C=O) groups is 2. The second-order valence-corrected chi connectivity index (χ2v) is 9.17. The third-order valence-corrected chi connectivity index (χ3v) is 7.64. The Balaban J connectivity index is 1.35. The van der Waals surface area contributed by atoms with E-state index in [0.717, 1.165) is 32.0 Å². The quantitative estimate of drug-likeness (QED) is 0.851. The maximum absolute atomic E-state index is 12.9. The molecule has 0 spiro atoms. The van der Waals surface area contributed by atoms with E-state index in [1.54, 1.807) is 24.0 Å². The van der Waals surface area contributed by atoms with Gasteiger partial charge < -0.3 is 10.2 Å². The molecular weight excluding hydrogens is 354 g/mol. The minimum Gasteiger partial charge on any atom is -0.349 e. The van der Waals surface area contributed by atoms with Gasteiger partial charge in [-0.1, -0.05) is 6.42 Å². The molecule has 1 aromatic rings. The summed E-state index contributed by atoms with van der Waals surface area (Å²) in [4.78, 5) is 30.4. The van der Waals surface area contributed by atoms with E-state index in [-0.39, 0.29) is 11.9 Å². The van der Waals surface area contributed by atoms with Crippen LogP contribution in [0.3, 0.4) is 0 Å².